The Bertz CT molecular complexity index is 1210. The number of rotatable bonds is 5. The Morgan fingerprint density at radius 3 is 2.59 bits per heavy atom. The fourth-order valence-corrected chi connectivity index (χ4v) is 4.83. The number of hydrogen-bond acceptors (Lipinski definition) is 5. The van der Waals surface area contributed by atoms with Gasteiger partial charge in [0, 0.05) is 31.1 Å². The predicted octanol–water partition coefficient (Wildman–Crippen LogP) is 4.27. The molecule has 1 aliphatic rings. The maximum Gasteiger partial charge on any atom is 0.223 e. The van der Waals surface area contributed by atoms with Crippen LogP contribution >= 0.6 is 11.3 Å². The summed E-state index contributed by atoms with van der Waals surface area (Å²) in [4.78, 5) is 20.1. The van der Waals surface area contributed by atoms with Gasteiger partial charge in [0.25, 0.3) is 0 Å². The first kappa shape index (κ1) is 20.6. The number of halogens is 2. The fraction of sp³-hybridized carbons (Fsp3) is 0.261. The molecule has 1 amide bonds. The molecule has 1 saturated heterocycles. The number of piperidine rings is 1. The van der Waals surface area contributed by atoms with E-state index in [9.17, 15) is 13.6 Å². The Labute approximate surface area is 187 Å². The Hall–Kier alpha value is -3.33. The van der Waals surface area contributed by atoms with Crippen molar-refractivity contribution in [2.45, 2.75) is 19.4 Å². The Kier molecular flexibility index (Phi) is 5.57. The molecule has 0 atom stereocenters. The van der Waals surface area contributed by atoms with Gasteiger partial charge in [-0.2, -0.15) is 0 Å². The van der Waals surface area contributed by atoms with Crippen LogP contribution in [0.5, 0.6) is 0 Å². The second-order valence-electron chi connectivity index (χ2n) is 7.85. The smallest absolute Gasteiger partial charge is 0.223 e. The number of carbonyl (C=O) groups is 1. The molecular weight excluding hydrogens is 432 g/mol. The average Bonchev–Trinajstić information content (AvgIpc) is 3.38. The van der Waals surface area contributed by atoms with Gasteiger partial charge in [-0.3, -0.25) is 4.79 Å². The molecule has 3 heterocycles. The van der Waals surface area contributed by atoms with Crippen LogP contribution in [0.2, 0.25) is 0 Å². The monoisotopic (exact) mass is 453 g/mol. The molecule has 0 aliphatic carbocycles. The van der Waals surface area contributed by atoms with Crippen LogP contribution in [-0.4, -0.2) is 33.6 Å². The Morgan fingerprint density at radius 2 is 1.88 bits per heavy atom. The van der Waals surface area contributed by atoms with Gasteiger partial charge in [0.15, 0.2) is 0 Å². The van der Waals surface area contributed by atoms with Crippen molar-refractivity contribution in [1.82, 2.24) is 19.9 Å². The third kappa shape index (κ3) is 4.34. The number of nitrogens with zero attached hydrogens (tertiary/aromatic N) is 4. The van der Waals surface area contributed by atoms with Crippen LogP contribution in [0.25, 0.3) is 16.2 Å². The number of anilines is 1. The van der Waals surface area contributed by atoms with Crippen LogP contribution in [0, 0.1) is 17.6 Å². The van der Waals surface area contributed by atoms with Crippen LogP contribution in [0.4, 0.5) is 13.9 Å². The first-order valence-electron chi connectivity index (χ1n) is 10.4. The lowest BCUT2D eigenvalue weighted by Crippen LogP contribution is -2.40. The standard InChI is InChI=1S/C23H21F2N5OS/c24-18-6-4-16(5-7-18)20-14-30-22(27-20)32-23(28-30)29-10-8-17(9-11-29)21(31)26-13-15-2-1-3-19(25)12-15/h1-7,12,14,17H,8-11,13H2,(H,26,31). The summed E-state index contributed by atoms with van der Waals surface area (Å²) in [5.74, 6) is -0.633. The molecule has 0 unspecified atom stereocenters. The van der Waals surface area contributed by atoms with Gasteiger partial charge in [0.05, 0.1) is 11.9 Å². The van der Waals surface area contributed by atoms with Gasteiger partial charge in [-0.15, -0.1) is 5.10 Å². The van der Waals surface area contributed by atoms with Crippen LogP contribution in [0.15, 0.2) is 54.7 Å². The first-order chi connectivity index (χ1) is 15.5. The first-order valence-corrected chi connectivity index (χ1v) is 11.3. The summed E-state index contributed by atoms with van der Waals surface area (Å²) in [5.41, 5.74) is 2.35. The van der Waals surface area contributed by atoms with E-state index in [-0.39, 0.29) is 23.5 Å². The molecule has 2 aromatic heterocycles. The molecule has 0 bridgehead atoms. The summed E-state index contributed by atoms with van der Waals surface area (Å²) >= 11 is 1.50. The molecule has 4 aromatic rings. The van der Waals surface area contributed by atoms with Crippen LogP contribution in [-0.2, 0) is 11.3 Å². The Balaban J connectivity index is 1.18. The van der Waals surface area contributed by atoms with Crippen molar-refractivity contribution >= 4 is 27.3 Å². The predicted molar refractivity (Wildman–Crippen MR) is 119 cm³/mol. The van der Waals surface area contributed by atoms with Crippen molar-refractivity contribution in [2.24, 2.45) is 5.92 Å². The molecule has 2 aromatic carbocycles. The summed E-state index contributed by atoms with van der Waals surface area (Å²) in [5, 5.41) is 8.43. The van der Waals surface area contributed by atoms with E-state index in [1.54, 1.807) is 28.8 Å². The lowest BCUT2D eigenvalue weighted by molar-refractivity contribution is -0.125. The molecule has 32 heavy (non-hydrogen) atoms. The highest BCUT2D eigenvalue weighted by molar-refractivity contribution is 7.20. The molecule has 9 heteroatoms. The largest absolute Gasteiger partial charge is 0.352 e. The second kappa shape index (κ2) is 8.66. The molecule has 1 N–H and O–H groups in total. The third-order valence-electron chi connectivity index (χ3n) is 5.66. The van der Waals surface area contributed by atoms with Gasteiger partial charge in [-0.1, -0.05) is 23.5 Å². The van der Waals surface area contributed by atoms with Crippen LogP contribution < -0.4 is 10.2 Å². The molecule has 1 fully saturated rings. The quantitative estimate of drug-likeness (QED) is 0.490. The summed E-state index contributed by atoms with van der Waals surface area (Å²) in [6.45, 7) is 1.80. The zero-order valence-electron chi connectivity index (χ0n) is 17.2. The van der Waals surface area contributed by atoms with Crippen molar-refractivity contribution in [2.75, 3.05) is 18.0 Å². The van der Waals surface area contributed by atoms with E-state index in [0.717, 1.165) is 52.8 Å². The van der Waals surface area contributed by atoms with Gasteiger partial charge < -0.3 is 10.2 Å². The van der Waals surface area contributed by atoms with Crippen molar-refractivity contribution in [3.63, 3.8) is 0 Å². The van der Waals surface area contributed by atoms with Crippen molar-refractivity contribution in [3.8, 4) is 11.3 Å². The fourth-order valence-electron chi connectivity index (χ4n) is 3.89. The van der Waals surface area contributed by atoms with E-state index in [2.05, 4.69) is 20.3 Å². The van der Waals surface area contributed by atoms with Crippen molar-refractivity contribution in [3.05, 3.63) is 71.9 Å². The lowest BCUT2D eigenvalue weighted by Gasteiger charge is -2.30. The SMILES string of the molecule is O=C(NCc1cccc(F)c1)C1CCN(c2nn3cc(-c4ccc(F)cc4)nc3s2)CC1. The van der Waals surface area contributed by atoms with E-state index in [0.29, 0.717) is 6.54 Å². The summed E-state index contributed by atoms with van der Waals surface area (Å²) in [6, 6.07) is 12.5. The minimum Gasteiger partial charge on any atom is -0.352 e. The number of amides is 1. The molecule has 0 saturated carbocycles. The second-order valence-corrected chi connectivity index (χ2v) is 8.79. The lowest BCUT2D eigenvalue weighted by atomic mass is 9.96. The highest BCUT2D eigenvalue weighted by Crippen LogP contribution is 2.29. The number of hydrogen-bond donors (Lipinski definition) is 1. The minimum atomic E-state index is -0.301. The topological polar surface area (TPSA) is 62.5 Å². The van der Waals surface area contributed by atoms with E-state index in [1.165, 1.54) is 35.6 Å². The van der Waals surface area contributed by atoms with Crippen LogP contribution in [0.1, 0.15) is 18.4 Å². The number of carbonyl (C=O) groups excluding carboxylic acids is 1. The van der Waals surface area contributed by atoms with Gasteiger partial charge >= 0.3 is 0 Å². The number of fused-ring (bicyclic) bond motifs is 1. The summed E-state index contributed by atoms with van der Waals surface area (Å²) in [6.07, 6.45) is 3.31. The van der Waals surface area contributed by atoms with Crippen molar-refractivity contribution in [1.29, 1.82) is 0 Å². The highest BCUT2D eigenvalue weighted by Gasteiger charge is 2.26. The highest BCUT2D eigenvalue weighted by atomic mass is 32.1. The van der Waals surface area contributed by atoms with E-state index in [1.807, 2.05) is 6.20 Å². The van der Waals surface area contributed by atoms with Crippen LogP contribution in [0.3, 0.4) is 0 Å². The van der Waals surface area contributed by atoms with Gasteiger partial charge in [0.1, 0.15) is 11.6 Å². The number of aromatic nitrogens is 3. The molecule has 164 valence electrons. The molecule has 5 rings (SSSR count). The maximum atomic E-state index is 13.3. The van der Waals surface area contributed by atoms with Gasteiger partial charge in [-0.25, -0.2) is 18.3 Å². The number of benzene rings is 2. The molecule has 6 nitrogen and oxygen atoms in total. The normalized spacial score (nSPS) is 14.8. The van der Waals surface area contributed by atoms with Crippen molar-refractivity contribution < 1.29 is 13.6 Å². The number of imidazole rings is 1. The average molecular weight is 454 g/mol. The molecular formula is C23H21F2N5OS. The van der Waals surface area contributed by atoms with E-state index >= 15 is 0 Å². The summed E-state index contributed by atoms with van der Waals surface area (Å²) < 4.78 is 28.2. The zero-order chi connectivity index (χ0) is 22.1. The molecule has 1 aliphatic heterocycles. The Morgan fingerprint density at radius 1 is 1.09 bits per heavy atom. The maximum absolute atomic E-state index is 13.3. The molecule has 0 spiro atoms. The summed E-state index contributed by atoms with van der Waals surface area (Å²) in [7, 11) is 0. The minimum absolute atomic E-state index is 0.00629. The third-order valence-corrected chi connectivity index (χ3v) is 6.65. The molecule has 0 radical (unpaired) electrons. The van der Waals surface area contributed by atoms with E-state index in [4.69, 9.17) is 0 Å². The number of nitrogens with one attached hydrogen (secondary N) is 1. The van der Waals surface area contributed by atoms with Gasteiger partial charge in [-0.05, 0) is 54.8 Å². The zero-order valence-corrected chi connectivity index (χ0v) is 18.0. The van der Waals surface area contributed by atoms with E-state index < -0.39 is 0 Å². The van der Waals surface area contributed by atoms with Gasteiger partial charge in [0.2, 0.25) is 16.0 Å².